The van der Waals surface area contributed by atoms with E-state index >= 15 is 0 Å². The van der Waals surface area contributed by atoms with Crippen molar-refractivity contribution >= 4 is 104 Å². The lowest BCUT2D eigenvalue weighted by molar-refractivity contribution is 0.825. The highest BCUT2D eigenvalue weighted by Crippen LogP contribution is 2.51. The highest BCUT2D eigenvalue weighted by molar-refractivity contribution is 6.68. The van der Waals surface area contributed by atoms with E-state index in [4.69, 9.17) is 104 Å². The van der Waals surface area contributed by atoms with E-state index in [0.29, 0.717) is 16.7 Å². The van der Waals surface area contributed by atoms with Crippen molar-refractivity contribution in [3.63, 3.8) is 0 Å². The van der Waals surface area contributed by atoms with Gasteiger partial charge in [-0.3, -0.25) is 0 Å². The second-order valence-electron chi connectivity index (χ2n) is 4.63. The molecule has 0 radical (unpaired) electrons. The zero-order chi connectivity index (χ0) is 16.8. The smallest absolute Gasteiger partial charge is 0.0784 e. The summed E-state index contributed by atoms with van der Waals surface area (Å²) in [5.74, 6) is -0.0781. The molecule has 1 aromatic rings. The molecular formula is C12H9Cl9. The first-order valence-corrected chi connectivity index (χ1v) is 8.95. The van der Waals surface area contributed by atoms with Crippen LogP contribution >= 0.6 is 104 Å². The Kier molecular flexibility index (Phi) is 6.94. The van der Waals surface area contributed by atoms with Crippen molar-refractivity contribution in [3.8, 4) is 0 Å². The Balaban J connectivity index is 3.85. The molecule has 0 amide bonds. The third-order valence-corrected chi connectivity index (χ3v) is 4.57. The Hall–Kier alpha value is 1.83. The van der Waals surface area contributed by atoms with Gasteiger partial charge in [-0.05, 0) is 23.6 Å². The summed E-state index contributed by atoms with van der Waals surface area (Å²) in [6.45, 7) is 3.76. The van der Waals surface area contributed by atoms with E-state index in [1.807, 2.05) is 13.8 Å². The predicted octanol–water partition coefficient (Wildman–Crippen LogP) is 8.29. The average Bonchev–Trinajstić information content (AvgIpc) is 2.23. The summed E-state index contributed by atoms with van der Waals surface area (Å²) >= 11 is 53.9. The third-order valence-electron chi connectivity index (χ3n) is 2.70. The molecule has 0 aliphatic heterocycles. The lowest BCUT2D eigenvalue weighted by Gasteiger charge is -2.28. The van der Waals surface area contributed by atoms with E-state index in [-0.39, 0.29) is 11.5 Å². The van der Waals surface area contributed by atoms with Gasteiger partial charge in [-0.2, -0.15) is 0 Å². The van der Waals surface area contributed by atoms with Gasteiger partial charge >= 0.3 is 0 Å². The molecule has 0 saturated carbocycles. The molecule has 0 aliphatic carbocycles. The quantitative estimate of drug-likeness (QED) is 0.361. The molecule has 0 spiro atoms. The standard InChI is InChI=1S/C12H9Cl9/c1-5(2)9-7(11(16,17)18)3-6(10(13,14)15)4-8(9)12(19,20)21/h3-5H,1-2H3. The fraction of sp³-hybridized carbons (Fsp3) is 0.500. The second kappa shape index (κ2) is 6.98. The van der Waals surface area contributed by atoms with Crippen LogP contribution in [0.25, 0.3) is 0 Å². The predicted molar refractivity (Wildman–Crippen MR) is 98.2 cm³/mol. The minimum Gasteiger partial charge on any atom is -0.0784 e. The van der Waals surface area contributed by atoms with Gasteiger partial charge < -0.3 is 0 Å². The topological polar surface area (TPSA) is 0 Å². The molecule has 0 heterocycles. The van der Waals surface area contributed by atoms with Crippen molar-refractivity contribution in [1.29, 1.82) is 0 Å². The van der Waals surface area contributed by atoms with Gasteiger partial charge in [-0.15, -0.1) is 0 Å². The van der Waals surface area contributed by atoms with Gasteiger partial charge in [0.25, 0.3) is 0 Å². The van der Waals surface area contributed by atoms with Gasteiger partial charge in [0, 0.05) is 16.7 Å². The number of hydrogen-bond donors (Lipinski definition) is 0. The van der Waals surface area contributed by atoms with Gasteiger partial charge in [-0.1, -0.05) is 118 Å². The number of hydrogen-bond acceptors (Lipinski definition) is 0. The molecule has 21 heavy (non-hydrogen) atoms. The molecule has 0 aliphatic rings. The first kappa shape index (κ1) is 20.9. The monoisotopic (exact) mass is 468 g/mol. The average molecular weight is 472 g/mol. The van der Waals surface area contributed by atoms with Crippen molar-refractivity contribution < 1.29 is 0 Å². The van der Waals surface area contributed by atoms with E-state index < -0.39 is 11.4 Å². The Morgan fingerprint density at radius 1 is 0.667 bits per heavy atom. The summed E-state index contributed by atoms with van der Waals surface area (Å²) in [5.41, 5.74) is 1.47. The molecule has 0 unspecified atom stereocenters. The van der Waals surface area contributed by atoms with Gasteiger partial charge in [0.1, 0.15) is 0 Å². The van der Waals surface area contributed by atoms with E-state index in [1.54, 1.807) is 0 Å². The fourth-order valence-corrected chi connectivity index (χ4v) is 3.17. The zero-order valence-corrected chi connectivity index (χ0v) is 17.4. The van der Waals surface area contributed by atoms with Crippen LogP contribution in [0.2, 0.25) is 0 Å². The molecule has 1 aromatic carbocycles. The Bertz CT molecular complexity index is 482. The van der Waals surface area contributed by atoms with Crippen LogP contribution in [-0.2, 0) is 11.4 Å². The lowest BCUT2D eigenvalue weighted by Crippen LogP contribution is -2.17. The minimum atomic E-state index is -1.75. The number of halogens is 9. The summed E-state index contributed by atoms with van der Waals surface area (Å²) in [6.07, 6.45) is 0. The molecule has 120 valence electrons. The van der Waals surface area contributed by atoms with Crippen LogP contribution in [0.1, 0.15) is 42.0 Å². The van der Waals surface area contributed by atoms with E-state index in [0.717, 1.165) is 0 Å². The molecular weight excluding hydrogens is 463 g/mol. The van der Waals surface area contributed by atoms with Crippen molar-refractivity contribution in [2.75, 3.05) is 0 Å². The highest BCUT2D eigenvalue weighted by Gasteiger charge is 2.37. The summed E-state index contributed by atoms with van der Waals surface area (Å²) in [5, 5.41) is 0. The van der Waals surface area contributed by atoms with Crippen LogP contribution in [0.5, 0.6) is 0 Å². The first-order chi connectivity index (χ1) is 9.15. The molecule has 0 N–H and O–H groups in total. The number of alkyl halides is 9. The Morgan fingerprint density at radius 3 is 1.19 bits per heavy atom. The van der Waals surface area contributed by atoms with Crippen LogP contribution < -0.4 is 0 Å². The maximum atomic E-state index is 6.02. The van der Waals surface area contributed by atoms with Gasteiger partial charge in [0.05, 0.1) is 0 Å². The first-order valence-electron chi connectivity index (χ1n) is 5.55. The number of rotatable bonds is 1. The summed E-state index contributed by atoms with van der Waals surface area (Å²) in [7, 11) is 0. The molecule has 0 aromatic heterocycles. The van der Waals surface area contributed by atoms with E-state index in [2.05, 4.69) is 0 Å². The molecule has 0 nitrogen and oxygen atoms in total. The molecule has 1 rings (SSSR count). The maximum absolute atomic E-state index is 6.02. The largest absolute Gasteiger partial charge is 0.216 e. The normalized spacial score (nSPS) is 13.9. The van der Waals surface area contributed by atoms with Crippen molar-refractivity contribution in [2.24, 2.45) is 0 Å². The fourth-order valence-electron chi connectivity index (χ4n) is 1.91. The van der Waals surface area contributed by atoms with Gasteiger partial charge in [0.15, 0.2) is 0 Å². The van der Waals surface area contributed by atoms with Gasteiger partial charge in [-0.25, -0.2) is 0 Å². The van der Waals surface area contributed by atoms with Crippen LogP contribution in [0.4, 0.5) is 0 Å². The molecule has 0 bridgehead atoms. The molecule has 0 atom stereocenters. The summed E-state index contributed by atoms with van der Waals surface area (Å²) in [6, 6.07) is 2.99. The number of benzene rings is 1. The summed E-state index contributed by atoms with van der Waals surface area (Å²) < 4.78 is -5.25. The van der Waals surface area contributed by atoms with Crippen LogP contribution in [0, 0.1) is 0 Å². The van der Waals surface area contributed by atoms with Gasteiger partial charge in [0.2, 0.25) is 11.4 Å². The molecule has 9 heteroatoms. The van der Waals surface area contributed by atoms with E-state index in [9.17, 15) is 0 Å². The molecule has 0 saturated heterocycles. The lowest BCUT2D eigenvalue weighted by atomic mass is 9.91. The SMILES string of the molecule is CC(C)c1c(C(Cl)(Cl)Cl)cc(C(Cl)(Cl)Cl)cc1C(Cl)(Cl)Cl. The molecule has 0 fully saturated rings. The second-order valence-corrected chi connectivity index (χ2v) is 11.5. The highest BCUT2D eigenvalue weighted by atomic mass is 35.6. The maximum Gasteiger partial charge on any atom is 0.216 e. The Morgan fingerprint density at radius 2 is 1.00 bits per heavy atom. The van der Waals surface area contributed by atoms with Crippen molar-refractivity contribution in [2.45, 2.75) is 31.1 Å². The van der Waals surface area contributed by atoms with Crippen LogP contribution in [0.3, 0.4) is 0 Å². The van der Waals surface area contributed by atoms with E-state index in [1.165, 1.54) is 12.1 Å². The third kappa shape index (κ3) is 5.41. The zero-order valence-electron chi connectivity index (χ0n) is 10.6. The Labute approximate surface area is 168 Å². The van der Waals surface area contributed by atoms with Crippen LogP contribution in [-0.4, -0.2) is 0 Å². The summed E-state index contributed by atoms with van der Waals surface area (Å²) in [4.78, 5) is 0. The van der Waals surface area contributed by atoms with Crippen molar-refractivity contribution in [3.05, 3.63) is 34.4 Å². The van der Waals surface area contributed by atoms with Crippen LogP contribution in [0.15, 0.2) is 12.1 Å². The van der Waals surface area contributed by atoms with Crippen molar-refractivity contribution in [1.82, 2.24) is 0 Å². The minimum absolute atomic E-state index is 0.0781.